The summed E-state index contributed by atoms with van der Waals surface area (Å²) in [6, 6.07) is 4.12. The maximum absolute atomic E-state index is 10.7. The van der Waals surface area contributed by atoms with Crippen LogP contribution in [-0.2, 0) is 19.4 Å². The van der Waals surface area contributed by atoms with Crippen molar-refractivity contribution in [2.45, 2.75) is 25.8 Å². The minimum Gasteiger partial charge on any atom is -0.476 e. The molecule has 0 aromatic carbocycles. The van der Waals surface area contributed by atoms with Crippen LogP contribution >= 0.6 is 0 Å². The second-order valence-electron chi connectivity index (χ2n) is 4.76. The predicted molar refractivity (Wildman–Crippen MR) is 71.7 cm³/mol. The highest BCUT2D eigenvalue weighted by Crippen LogP contribution is 2.19. The summed E-state index contributed by atoms with van der Waals surface area (Å²) < 4.78 is 1.53. The number of aryl methyl sites for hydroxylation is 3. The van der Waals surface area contributed by atoms with Gasteiger partial charge in [-0.05, 0) is 24.5 Å². The molecule has 0 saturated heterocycles. The monoisotopic (exact) mass is 273 g/mol. The van der Waals surface area contributed by atoms with Crippen molar-refractivity contribution in [1.82, 2.24) is 20.0 Å². The van der Waals surface area contributed by atoms with E-state index in [4.69, 9.17) is 5.11 Å². The summed E-state index contributed by atoms with van der Waals surface area (Å²) in [6.07, 6.45) is 4.34. The molecule has 2 N–H and O–H groups in total. The number of pyridine rings is 1. The van der Waals surface area contributed by atoms with Crippen LogP contribution in [-0.4, -0.2) is 37.6 Å². The largest absolute Gasteiger partial charge is 0.476 e. The van der Waals surface area contributed by atoms with Crippen molar-refractivity contribution < 1.29 is 9.90 Å². The first-order valence-corrected chi connectivity index (χ1v) is 6.58. The Hall–Kier alpha value is -2.44. The van der Waals surface area contributed by atoms with Crippen molar-refractivity contribution in [3.63, 3.8) is 0 Å². The van der Waals surface area contributed by atoms with Gasteiger partial charge in [-0.1, -0.05) is 11.3 Å². The van der Waals surface area contributed by atoms with E-state index in [9.17, 15) is 4.79 Å². The van der Waals surface area contributed by atoms with E-state index in [0.29, 0.717) is 13.0 Å². The molecule has 20 heavy (non-hydrogen) atoms. The molecule has 1 aliphatic rings. The molecule has 7 heteroatoms. The lowest BCUT2D eigenvalue weighted by atomic mass is 10.1. The molecule has 3 rings (SSSR count). The molecule has 1 aliphatic heterocycles. The maximum Gasteiger partial charge on any atom is 0.358 e. The van der Waals surface area contributed by atoms with Gasteiger partial charge < -0.3 is 10.4 Å². The minimum atomic E-state index is -1.06. The van der Waals surface area contributed by atoms with Crippen LogP contribution in [0, 0.1) is 0 Å². The van der Waals surface area contributed by atoms with E-state index >= 15 is 0 Å². The van der Waals surface area contributed by atoms with Gasteiger partial charge in [-0.15, -0.1) is 5.10 Å². The first-order valence-electron chi connectivity index (χ1n) is 6.58. The molecule has 2 aromatic heterocycles. The summed E-state index contributed by atoms with van der Waals surface area (Å²) in [7, 11) is 0. The highest BCUT2D eigenvalue weighted by atomic mass is 16.4. The number of nitrogens with zero attached hydrogens (tertiary/aromatic N) is 4. The second kappa shape index (κ2) is 5.28. The minimum absolute atomic E-state index is 0.0370. The molecule has 0 bridgehead atoms. The van der Waals surface area contributed by atoms with E-state index in [1.54, 1.807) is 0 Å². The summed E-state index contributed by atoms with van der Waals surface area (Å²) in [6.45, 7) is 1.53. The number of anilines is 1. The van der Waals surface area contributed by atoms with Crippen LogP contribution in [0.1, 0.15) is 28.2 Å². The third kappa shape index (κ3) is 2.61. The van der Waals surface area contributed by atoms with Crippen molar-refractivity contribution in [2.24, 2.45) is 0 Å². The van der Waals surface area contributed by atoms with E-state index in [0.717, 1.165) is 30.9 Å². The van der Waals surface area contributed by atoms with Crippen LogP contribution in [0.5, 0.6) is 0 Å². The van der Waals surface area contributed by atoms with Crippen LogP contribution in [0.25, 0.3) is 0 Å². The molecule has 0 aliphatic carbocycles. The van der Waals surface area contributed by atoms with Gasteiger partial charge in [-0.25, -0.2) is 9.78 Å². The molecular weight excluding hydrogens is 258 g/mol. The number of carboxylic acid groups (broad SMARTS) is 1. The zero-order valence-corrected chi connectivity index (χ0v) is 10.9. The molecule has 0 spiro atoms. The molecule has 0 unspecified atom stereocenters. The summed E-state index contributed by atoms with van der Waals surface area (Å²) in [5.41, 5.74) is 2.18. The summed E-state index contributed by atoms with van der Waals surface area (Å²) in [5, 5.41) is 19.4. The van der Waals surface area contributed by atoms with E-state index < -0.39 is 5.97 Å². The van der Waals surface area contributed by atoms with Gasteiger partial charge in [0.2, 0.25) is 0 Å². The van der Waals surface area contributed by atoms with Gasteiger partial charge in [0.15, 0.2) is 5.69 Å². The number of hydrogen-bond acceptors (Lipinski definition) is 5. The fraction of sp³-hybridized carbons (Fsp3) is 0.385. The van der Waals surface area contributed by atoms with Gasteiger partial charge in [0.1, 0.15) is 5.82 Å². The van der Waals surface area contributed by atoms with Crippen LogP contribution in [0.3, 0.4) is 0 Å². The quantitative estimate of drug-likeness (QED) is 0.862. The smallest absolute Gasteiger partial charge is 0.358 e. The zero-order chi connectivity index (χ0) is 13.9. The predicted octanol–water partition coefficient (Wildman–Crippen LogP) is 0.972. The Kier molecular flexibility index (Phi) is 3.32. The van der Waals surface area contributed by atoms with Crippen LogP contribution < -0.4 is 5.32 Å². The second-order valence-corrected chi connectivity index (χ2v) is 4.76. The molecule has 0 atom stereocenters. The van der Waals surface area contributed by atoms with Crippen molar-refractivity contribution in [1.29, 1.82) is 0 Å². The molecule has 0 radical (unpaired) electrons. The lowest BCUT2D eigenvalue weighted by Crippen LogP contribution is -2.14. The highest BCUT2D eigenvalue weighted by Gasteiger charge is 2.11. The fourth-order valence-electron chi connectivity index (χ4n) is 2.24. The number of fused-ring (bicyclic) bond motifs is 1. The van der Waals surface area contributed by atoms with Gasteiger partial charge in [-0.3, -0.25) is 4.68 Å². The molecule has 3 heterocycles. The Morgan fingerprint density at radius 2 is 2.35 bits per heavy atom. The number of hydrogen-bond donors (Lipinski definition) is 2. The van der Waals surface area contributed by atoms with Crippen LogP contribution in [0.2, 0.25) is 0 Å². The normalized spacial score (nSPS) is 13.6. The topological polar surface area (TPSA) is 92.9 Å². The number of rotatable bonds is 4. The Morgan fingerprint density at radius 3 is 3.15 bits per heavy atom. The van der Waals surface area contributed by atoms with Crippen LogP contribution in [0.4, 0.5) is 5.82 Å². The first-order chi connectivity index (χ1) is 9.72. The van der Waals surface area contributed by atoms with E-state index in [1.807, 2.05) is 6.07 Å². The van der Waals surface area contributed by atoms with E-state index in [1.165, 1.54) is 16.4 Å². The van der Waals surface area contributed by atoms with E-state index in [2.05, 4.69) is 26.7 Å². The molecule has 0 saturated carbocycles. The number of carboxylic acids is 1. The van der Waals surface area contributed by atoms with Gasteiger partial charge in [0.05, 0.1) is 6.20 Å². The van der Waals surface area contributed by atoms with E-state index in [-0.39, 0.29) is 5.69 Å². The van der Waals surface area contributed by atoms with Gasteiger partial charge >= 0.3 is 5.97 Å². The highest BCUT2D eigenvalue weighted by molar-refractivity contribution is 5.84. The first kappa shape index (κ1) is 12.6. The number of aromatic carboxylic acids is 1. The Bertz CT molecular complexity index is 637. The number of carbonyl (C=O) groups is 1. The summed E-state index contributed by atoms with van der Waals surface area (Å²) >= 11 is 0. The van der Waals surface area contributed by atoms with Gasteiger partial charge in [0.25, 0.3) is 0 Å². The van der Waals surface area contributed by atoms with Crippen molar-refractivity contribution in [3.8, 4) is 0 Å². The van der Waals surface area contributed by atoms with Crippen molar-refractivity contribution >= 4 is 11.8 Å². The van der Waals surface area contributed by atoms with Crippen LogP contribution in [0.15, 0.2) is 18.3 Å². The standard InChI is InChI=1S/C13H15N5O2/c19-13(20)11-8-18(17-16-11)7-5-10-4-3-9-2-1-6-14-12(9)15-10/h3-4,8H,1-2,5-7H2,(H,14,15)(H,19,20). The summed E-state index contributed by atoms with van der Waals surface area (Å²) in [4.78, 5) is 15.3. The van der Waals surface area contributed by atoms with Crippen molar-refractivity contribution in [3.05, 3.63) is 35.3 Å². The Labute approximate surface area is 115 Å². The molecule has 2 aromatic rings. The third-order valence-corrected chi connectivity index (χ3v) is 3.31. The lowest BCUT2D eigenvalue weighted by molar-refractivity contribution is 0.0690. The summed E-state index contributed by atoms with van der Waals surface area (Å²) in [5.74, 6) is -0.0917. The Morgan fingerprint density at radius 1 is 1.45 bits per heavy atom. The molecule has 104 valence electrons. The average Bonchev–Trinajstić information content (AvgIpc) is 2.94. The molecule has 0 fully saturated rings. The average molecular weight is 273 g/mol. The zero-order valence-electron chi connectivity index (χ0n) is 10.9. The third-order valence-electron chi connectivity index (χ3n) is 3.31. The SMILES string of the molecule is O=C(O)c1cn(CCc2ccc3c(n2)NCCC3)nn1. The van der Waals surface area contributed by atoms with Gasteiger partial charge in [-0.2, -0.15) is 0 Å². The lowest BCUT2D eigenvalue weighted by Gasteiger charge is -2.17. The van der Waals surface area contributed by atoms with Crippen molar-refractivity contribution in [2.75, 3.05) is 11.9 Å². The molecular formula is C13H15N5O2. The van der Waals surface area contributed by atoms with Gasteiger partial charge in [0, 0.05) is 25.2 Å². The Balaban J connectivity index is 1.67. The number of aromatic nitrogens is 4. The maximum atomic E-state index is 10.7. The fourth-order valence-corrected chi connectivity index (χ4v) is 2.24. The number of nitrogens with one attached hydrogen (secondary N) is 1. The molecule has 7 nitrogen and oxygen atoms in total. The molecule has 0 amide bonds.